The van der Waals surface area contributed by atoms with E-state index in [4.69, 9.17) is 24.5 Å². The normalized spacial score (nSPS) is 19.3. The minimum Gasteiger partial charge on any atom is -0.539 e. The number of carbonyl (C=O) groups is 2. The van der Waals surface area contributed by atoms with Crippen molar-refractivity contribution in [3.8, 4) is 5.75 Å². The smallest absolute Gasteiger partial charge is 0.351 e. The van der Waals surface area contributed by atoms with Gasteiger partial charge in [-0.15, -0.1) is 0 Å². The first kappa shape index (κ1) is 19.0. The van der Waals surface area contributed by atoms with Crippen LogP contribution < -0.4 is 15.2 Å². The molecule has 0 radical (unpaired) electrons. The number of ether oxygens (including phenoxy) is 1. The molecule has 0 bridgehead atoms. The van der Waals surface area contributed by atoms with Crippen molar-refractivity contribution >= 4 is 11.9 Å². The third kappa shape index (κ3) is 5.60. The summed E-state index contributed by atoms with van der Waals surface area (Å²) in [5.41, 5.74) is 4.99. The highest BCUT2D eigenvalue weighted by atomic mass is 16.5. The maximum Gasteiger partial charge on any atom is 0.351 e. The van der Waals surface area contributed by atoms with Gasteiger partial charge in [-0.25, -0.2) is 4.79 Å². The molecule has 25 heavy (non-hydrogen) atoms. The lowest BCUT2D eigenvalue weighted by molar-refractivity contribution is -0.684. The summed E-state index contributed by atoms with van der Waals surface area (Å²) in [6, 6.07) is 9.27. The predicted octanol–water partition coefficient (Wildman–Crippen LogP) is 0.265. The van der Waals surface area contributed by atoms with Gasteiger partial charge in [0.1, 0.15) is 11.8 Å². The molecule has 0 saturated carbocycles. The maximum absolute atomic E-state index is 9.04. The molecule has 0 spiro atoms. The third-order valence-corrected chi connectivity index (χ3v) is 4.76. The molecule has 136 valence electrons. The van der Waals surface area contributed by atoms with Gasteiger partial charge in [0, 0.05) is 12.8 Å². The highest BCUT2D eigenvalue weighted by Gasteiger charge is 2.27. The Hall–Kier alpha value is -2.34. The lowest BCUT2D eigenvalue weighted by Gasteiger charge is -2.30. The molecule has 1 aliphatic heterocycles. The van der Waals surface area contributed by atoms with E-state index < -0.39 is 11.9 Å². The highest BCUT2D eigenvalue weighted by molar-refractivity contribution is 6.26. The number of carbonyl (C=O) groups excluding carboxylic acids is 1. The molecule has 1 heterocycles. The zero-order chi connectivity index (χ0) is 18.2. The first-order valence-electron chi connectivity index (χ1n) is 8.62. The van der Waals surface area contributed by atoms with E-state index in [2.05, 4.69) is 29.6 Å². The molecule has 3 rings (SSSR count). The van der Waals surface area contributed by atoms with Crippen LogP contribution in [-0.4, -0.2) is 36.7 Å². The molecule has 1 aromatic carbocycles. The molecule has 1 aliphatic carbocycles. The van der Waals surface area contributed by atoms with Gasteiger partial charge in [-0.3, -0.25) is 0 Å². The predicted molar refractivity (Wildman–Crippen MR) is 90.0 cm³/mol. The van der Waals surface area contributed by atoms with Gasteiger partial charge in [-0.2, -0.15) is 0 Å². The third-order valence-electron chi connectivity index (χ3n) is 4.76. The maximum atomic E-state index is 9.04. The molecule has 3 N–H and O–H groups in total. The van der Waals surface area contributed by atoms with Gasteiger partial charge in [0.2, 0.25) is 0 Å². The molecule has 6 heteroatoms. The van der Waals surface area contributed by atoms with Crippen LogP contribution in [0.1, 0.15) is 37.7 Å². The second-order valence-corrected chi connectivity index (χ2v) is 6.36. The van der Waals surface area contributed by atoms with Crippen molar-refractivity contribution in [1.29, 1.82) is 0 Å². The van der Waals surface area contributed by atoms with Gasteiger partial charge in [0.05, 0.1) is 13.7 Å². The van der Waals surface area contributed by atoms with Crippen molar-refractivity contribution in [2.75, 3.05) is 13.7 Å². The van der Waals surface area contributed by atoms with E-state index in [1.54, 1.807) is 18.3 Å². The Balaban J connectivity index is 0.000000326. The summed E-state index contributed by atoms with van der Waals surface area (Å²) < 4.78 is 5.23. The number of hydrogen-bond donors (Lipinski definition) is 2. The van der Waals surface area contributed by atoms with E-state index in [9.17, 15) is 0 Å². The molecule has 0 fully saturated rings. The summed E-state index contributed by atoms with van der Waals surface area (Å²) in [5.74, 6) is -3.06. The van der Waals surface area contributed by atoms with Crippen LogP contribution in [-0.2, 0) is 16.0 Å². The van der Waals surface area contributed by atoms with E-state index in [-0.39, 0.29) is 0 Å². The number of aliphatic carboxylic acids is 2. The van der Waals surface area contributed by atoms with Crippen LogP contribution in [0.2, 0.25) is 0 Å². The SMILES string of the molecule is COc1ccc(CC2[NH2+]CCC3=C2CCCC3)cc1.O=C([O-])C(=O)O. The lowest BCUT2D eigenvalue weighted by Crippen LogP contribution is -2.92. The molecular weight excluding hydrogens is 322 g/mol. The molecular formula is C19H25NO5. The second kappa shape index (κ2) is 9.22. The highest BCUT2D eigenvalue weighted by Crippen LogP contribution is 2.30. The minimum atomic E-state index is -2.07. The Bertz CT molecular complexity index is 620. The molecule has 6 nitrogen and oxygen atoms in total. The van der Waals surface area contributed by atoms with E-state index in [1.165, 1.54) is 50.6 Å². The number of quaternary nitrogens is 1. The minimum absolute atomic E-state index is 0.692. The van der Waals surface area contributed by atoms with Gasteiger partial charge in [0.25, 0.3) is 0 Å². The van der Waals surface area contributed by atoms with E-state index in [1.807, 2.05) is 0 Å². The van der Waals surface area contributed by atoms with Crippen LogP contribution in [0.4, 0.5) is 0 Å². The fourth-order valence-electron chi connectivity index (χ4n) is 3.55. The van der Waals surface area contributed by atoms with Crippen molar-refractivity contribution in [3.05, 3.63) is 41.0 Å². The Morgan fingerprint density at radius 2 is 1.84 bits per heavy atom. The van der Waals surface area contributed by atoms with Crippen LogP contribution in [0.5, 0.6) is 5.75 Å². The molecule has 0 amide bonds. The van der Waals surface area contributed by atoms with Crippen molar-refractivity contribution < 1.29 is 29.9 Å². The fraction of sp³-hybridized carbons (Fsp3) is 0.474. The van der Waals surface area contributed by atoms with Gasteiger partial charge in [0.15, 0.2) is 5.97 Å². The summed E-state index contributed by atoms with van der Waals surface area (Å²) in [6.45, 7) is 1.28. The van der Waals surface area contributed by atoms with E-state index in [0.717, 1.165) is 5.75 Å². The average Bonchev–Trinajstić information content (AvgIpc) is 2.63. The molecule has 0 saturated heterocycles. The van der Waals surface area contributed by atoms with Crippen molar-refractivity contribution in [1.82, 2.24) is 0 Å². The number of carboxylic acids is 2. The monoisotopic (exact) mass is 347 g/mol. The van der Waals surface area contributed by atoms with E-state index >= 15 is 0 Å². The molecule has 1 unspecified atom stereocenters. The molecule has 2 aliphatic rings. The lowest BCUT2D eigenvalue weighted by atomic mass is 9.81. The summed E-state index contributed by atoms with van der Waals surface area (Å²) in [5, 5.41) is 18.9. The van der Waals surface area contributed by atoms with Crippen LogP contribution in [0.25, 0.3) is 0 Å². The first-order valence-corrected chi connectivity index (χ1v) is 8.62. The number of nitrogens with two attached hydrogens (primary N) is 1. The quantitative estimate of drug-likeness (QED) is 0.603. The van der Waals surface area contributed by atoms with E-state index in [0.29, 0.717) is 6.04 Å². The summed E-state index contributed by atoms with van der Waals surface area (Å²) in [6.07, 6.45) is 8.01. The zero-order valence-electron chi connectivity index (χ0n) is 14.5. The van der Waals surface area contributed by atoms with Crippen LogP contribution >= 0.6 is 0 Å². The van der Waals surface area contributed by atoms with Crippen molar-refractivity contribution in [2.45, 2.75) is 44.6 Å². The Morgan fingerprint density at radius 3 is 2.44 bits per heavy atom. The summed E-state index contributed by atoms with van der Waals surface area (Å²) in [7, 11) is 1.73. The summed E-state index contributed by atoms with van der Waals surface area (Å²) >= 11 is 0. The van der Waals surface area contributed by atoms with Gasteiger partial charge < -0.3 is 25.1 Å². The number of hydrogen-bond acceptors (Lipinski definition) is 4. The average molecular weight is 347 g/mol. The zero-order valence-corrected chi connectivity index (χ0v) is 14.5. The molecule has 1 aromatic rings. The van der Waals surface area contributed by atoms with Crippen LogP contribution in [0.3, 0.4) is 0 Å². The van der Waals surface area contributed by atoms with Gasteiger partial charge in [-0.1, -0.05) is 17.7 Å². The Kier molecular flexibility index (Phi) is 7.01. The molecule has 0 aromatic heterocycles. The van der Waals surface area contributed by atoms with Gasteiger partial charge in [-0.05, 0) is 49.0 Å². The Labute approximate surface area is 147 Å². The number of benzene rings is 1. The Morgan fingerprint density at radius 1 is 1.20 bits per heavy atom. The van der Waals surface area contributed by atoms with Crippen molar-refractivity contribution in [3.63, 3.8) is 0 Å². The fourth-order valence-corrected chi connectivity index (χ4v) is 3.55. The van der Waals surface area contributed by atoms with Crippen molar-refractivity contribution in [2.24, 2.45) is 0 Å². The summed E-state index contributed by atoms with van der Waals surface area (Å²) in [4.78, 5) is 18.0. The van der Waals surface area contributed by atoms with Crippen LogP contribution in [0.15, 0.2) is 35.4 Å². The number of methoxy groups -OCH3 is 1. The second-order valence-electron chi connectivity index (χ2n) is 6.36. The van der Waals surface area contributed by atoms with Crippen LogP contribution in [0, 0.1) is 0 Å². The number of rotatable bonds is 3. The topological polar surface area (TPSA) is 103 Å². The number of carboxylic acid groups (broad SMARTS) is 2. The first-order chi connectivity index (χ1) is 12.0. The standard InChI is InChI=1S/C17H23NO.C2H2O4/c1-19-15-8-6-13(7-9-15)12-17-16-5-3-2-4-14(16)10-11-18-17;3-1(4)2(5)6/h6-9,17-18H,2-5,10-12H2,1H3;(H,3,4)(H,5,6). The van der Waals surface area contributed by atoms with Gasteiger partial charge >= 0.3 is 5.97 Å². The largest absolute Gasteiger partial charge is 0.539 e. The molecule has 1 atom stereocenters.